The van der Waals surface area contributed by atoms with E-state index in [1.807, 2.05) is 13.8 Å². The molecule has 0 aromatic carbocycles. The van der Waals surface area contributed by atoms with Crippen molar-refractivity contribution in [1.82, 2.24) is 5.32 Å². The largest absolute Gasteiger partial charge is 0.384 e. The van der Waals surface area contributed by atoms with Crippen LogP contribution in [0.25, 0.3) is 0 Å². The summed E-state index contributed by atoms with van der Waals surface area (Å²) in [5.41, 5.74) is 0. The lowest BCUT2D eigenvalue weighted by Crippen LogP contribution is -2.32. The number of rotatable bonds is 7. The summed E-state index contributed by atoms with van der Waals surface area (Å²) >= 11 is 0. The number of nitrogens with one attached hydrogen (secondary N) is 1. The summed E-state index contributed by atoms with van der Waals surface area (Å²) < 4.78 is 9.88. The van der Waals surface area contributed by atoms with Crippen molar-refractivity contribution in [1.29, 1.82) is 0 Å². The molecule has 0 spiro atoms. The molecule has 0 aromatic rings. The van der Waals surface area contributed by atoms with Crippen molar-refractivity contribution in [2.75, 3.05) is 33.5 Å². The molecule has 1 unspecified atom stereocenters. The van der Waals surface area contributed by atoms with Crippen molar-refractivity contribution in [3.63, 3.8) is 0 Å². The summed E-state index contributed by atoms with van der Waals surface area (Å²) in [5.74, 6) is 0.278. The number of hydrogen-bond acceptors (Lipinski definition) is 3. The zero-order valence-electron chi connectivity index (χ0n) is 8.63. The van der Waals surface area contributed by atoms with E-state index in [-0.39, 0.29) is 12.5 Å². The third-order valence-corrected chi connectivity index (χ3v) is 1.54. The highest BCUT2D eigenvalue weighted by Gasteiger charge is 2.04. The van der Waals surface area contributed by atoms with Crippen LogP contribution in [-0.4, -0.2) is 39.4 Å². The Morgan fingerprint density at radius 3 is 2.77 bits per heavy atom. The molecular formula is C9H19NO3. The van der Waals surface area contributed by atoms with E-state index < -0.39 is 0 Å². The van der Waals surface area contributed by atoms with E-state index in [0.29, 0.717) is 25.7 Å². The zero-order valence-corrected chi connectivity index (χ0v) is 8.63. The quantitative estimate of drug-likeness (QED) is 0.631. The number of methoxy groups -OCH3 is 1. The third-order valence-electron chi connectivity index (χ3n) is 1.54. The van der Waals surface area contributed by atoms with E-state index in [9.17, 15) is 4.79 Å². The molecule has 1 amide bonds. The molecule has 13 heavy (non-hydrogen) atoms. The van der Waals surface area contributed by atoms with Crippen LogP contribution in [0.15, 0.2) is 0 Å². The van der Waals surface area contributed by atoms with Gasteiger partial charge in [-0.2, -0.15) is 0 Å². The van der Waals surface area contributed by atoms with Crippen molar-refractivity contribution >= 4 is 5.91 Å². The minimum absolute atomic E-state index is 0.0650. The van der Waals surface area contributed by atoms with Gasteiger partial charge in [-0.15, -0.1) is 0 Å². The van der Waals surface area contributed by atoms with Gasteiger partial charge in [0.15, 0.2) is 0 Å². The van der Waals surface area contributed by atoms with Crippen molar-refractivity contribution in [2.24, 2.45) is 5.92 Å². The van der Waals surface area contributed by atoms with E-state index in [0.717, 1.165) is 0 Å². The monoisotopic (exact) mass is 189 g/mol. The lowest BCUT2D eigenvalue weighted by molar-refractivity contribution is -0.125. The second kappa shape index (κ2) is 8.01. The van der Waals surface area contributed by atoms with Crippen LogP contribution in [0, 0.1) is 5.92 Å². The molecule has 0 aliphatic heterocycles. The molecule has 0 aromatic heterocycles. The second-order valence-electron chi connectivity index (χ2n) is 3.00. The van der Waals surface area contributed by atoms with Gasteiger partial charge in [0.05, 0.1) is 6.61 Å². The van der Waals surface area contributed by atoms with E-state index >= 15 is 0 Å². The molecular weight excluding hydrogens is 170 g/mol. The van der Waals surface area contributed by atoms with Crippen LogP contribution in [0.3, 0.4) is 0 Å². The minimum Gasteiger partial charge on any atom is -0.384 e. The van der Waals surface area contributed by atoms with Gasteiger partial charge in [0.2, 0.25) is 5.91 Å². The van der Waals surface area contributed by atoms with Crippen molar-refractivity contribution in [3.05, 3.63) is 0 Å². The lowest BCUT2D eigenvalue weighted by Gasteiger charge is -2.11. The molecule has 4 nitrogen and oxygen atoms in total. The van der Waals surface area contributed by atoms with Crippen LogP contribution in [0.5, 0.6) is 0 Å². The SMILES string of the molecule is CCOCC(=O)NCC(C)COC. The van der Waals surface area contributed by atoms with Gasteiger partial charge in [-0.25, -0.2) is 0 Å². The molecule has 0 aliphatic rings. The van der Waals surface area contributed by atoms with Gasteiger partial charge in [0, 0.05) is 20.3 Å². The van der Waals surface area contributed by atoms with Gasteiger partial charge < -0.3 is 14.8 Å². The van der Waals surface area contributed by atoms with Gasteiger partial charge in [-0.1, -0.05) is 6.92 Å². The van der Waals surface area contributed by atoms with E-state index in [1.165, 1.54) is 0 Å². The molecule has 1 atom stereocenters. The van der Waals surface area contributed by atoms with Crippen LogP contribution in [0.2, 0.25) is 0 Å². The second-order valence-corrected chi connectivity index (χ2v) is 3.00. The molecule has 4 heteroatoms. The third kappa shape index (κ3) is 7.74. The topological polar surface area (TPSA) is 47.6 Å². The number of ether oxygens (including phenoxy) is 2. The van der Waals surface area contributed by atoms with Gasteiger partial charge in [0.25, 0.3) is 0 Å². The maximum atomic E-state index is 11.0. The number of carbonyl (C=O) groups is 1. The average molecular weight is 189 g/mol. The van der Waals surface area contributed by atoms with Crippen molar-refractivity contribution in [2.45, 2.75) is 13.8 Å². The Bertz CT molecular complexity index is 139. The average Bonchev–Trinajstić information content (AvgIpc) is 2.12. The van der Waals surface area contributed by atoms with Crippen molar-refractivity contribution < 1.29 is 14.3 Å². The first-order valence-electron chi connectivity index (χ1n) is 4.54. The Balaban J connectivity index is 3.34. The highest BCUT2D eigenvalue weighted by atomic mass is 16.5. The first-order valence-corrected chi connectivity index (χ1v) is 4.54. The standard InChI is InChI=1S/C9H19NO3/c1-4-13-7-9(11)10-5-8(2)6-12-3/h8H,4-7H2,1-3H3,(H,10,11). The van der Waals surface area contributed by atoms with Gasteiger partial charge >= 0.3 is 0 Å². The Morgan fingerprint density at radius 2 is 2.23 bits per heavy atom. The summed E-state index contributed by atoms with van der Waals surface area (Å²) in [4.78, 5) is 11.0. The molecule has 0 radical (unpaired) electrons. The van der Waals surface area contributed by atoms with Gasteiger partial charge in [-0.05, 0) is 12.8 Å². The summed E-state index contributed by atoms with van der Waals surface area (Å²) in [5, 5.41) is 2.76. The van der Waals surface area contributed by atoms with Crippen molar-refractivity contribution in [3.8, 4) is 0 Å². The predicted octanol–water partition coefficient (Wildman–Crippen LogP) is 0.422. The molecule has 0 saturated heterocycles. The molecule has 0 bridgehead atoms. The maximum absolute atomic E-state index is 11.0. The van der Waals surface area contributed by atoms with Crippen LogP contribution >= 0.6 is 0 Å². The lowest BCUT2D eigenvalue weighted by atomic mass is 10.2. The summed E-state index contributed by atoms with van der Waals surface area (Å²) in [6, 6.07) is 0. The van der Waals surface area contributed by atoms with E-state index in [1.54, 1.807) is 7.11 Å². The van der Waals surface area contributed by atoms with Gasteiger partial charge in [-0.3, -0.25) is 4.79 Å². The Labute approximate surface area is 79.6 Å². The smallest absolute Gasteiger partial charge is 0.246 e. The highest BCUT2D eigenvalue weighted by molar-refractivity contribution is 5.77. The Kier molecular flexibility index (Phi) is 7.63. The molecule has 0 fully saturated rings. The van der Waals surface area contributed by atoms with E-state index in [4.69, 9.17) is 9.47 Å². The molecule has 0 aliphatic carbocycles. The fourth-order valence-corrected chi connectivity index (χ4v) is 0.877. The summed E-state index contributed by atoms with van der Waals surface area (Å²) in [6.07, 6.45) is 0. The maximum Gasteiger partial charge on any atom is 0.246 e. The fraction of sp³-hybridized carbons (Fsp3) is 0.889. The number of amides is 1. The van der Waals surface area contributed by atoms with Crippen LogP contribution in [0.4, 0.5) is 0 Å². The van der Waals surface area contributed by atoms with Crippen LogP contribution < -0.4 is 5.32 Å². The van der Waals surface area contributed by atoms with Crippen LogP contribution in [0.1, 0.15) is 13.8 Å². The molecule has 1 N–H and O–H groups in total. The summed E-state index contributed by atoms with van der Waals surface area (Å²) in [6.45, 7) is 5.90. The zero-order chi connectivity index (χ0) is 10.1. The summed E-state index contributed by atoms with van der Waals surface area (Å²) in [7, 11) is 1.65. The molecule has 0 heterocycles. The molecule has 0 saturated carbocycles. The normalized spacial score (nSPS) is 12.5. The van der Waals surface area contributed by atoms with E-state index in [2.05, 4.69) is 5.32 Å². The first kappa shape index (κ1) is 12.4. The molecule has 78 valence electrons. The minimum atomic E-state index is -0.0650. The highest BCUT2D eigenvalue weighted by Crippen LogP contribution is 1.91. The Morgan fingerprint density at radius 1 is 1.54 bits per heavy atom. The fourth-order valence-electron chi connectivity index (χ4n) is 0.877. The predicted molar refractivity (Wildman–Crippen MR) is 50.5 cm³/mol. The molecule has 0 rings (SSSR count). The number of carbonyl (C=O) groups excluding carboxylic acids is 1. The van der Waals surface area contributed by atoms with Gasteiger partial charge in [0.1, 0.15) is 6.61 Å². The van der Waals surface area contributed by atoms with Crippen LogP contribution in [-0.2, 0) is 14.3 Å². The number of hydrogen-bond donors (Lipinski definition) is 1. The first-order chi connectivity index (χ1) is 6.20. The Hall–Kier alpha value is -0.610.